The summed E-state index contributed by atoms with van der Waals surface area (Å²) in [7, 11) is 0. The lowest BCUT2D eigenvalue weighted by atomic mass is 10.1. The van der Waals surface area contributed by atoms with Gasteiger partial charge in [0.1, 0.15) is 17.5 Å². The molecule has 0 radical (unpaired) electrons. The van der Waals surface area contributed by atoms with Gasteiger partial charge >= 0.3 is 0 Å². The summed E-state index contributed by atoms with van der Waals surface area (Å²) in [5, 5.41) is 3.14. The third kappa shape index (κ3) is 3.93. The molecule has 26 heavy (non-hydrogen) atoms. The number of aryl methyl sites for hydroxylation is 1. The van der Waals surface area contributed by atoms with Gasteiger partial charge in [0.15, 0.2) is 0 Å². The molecule has 0 spiro atoms. The van der Waals surface area contributed by atoms with Crippen LogP contribution >= 0.6 is 0 Å². The van der Waals surface area contributed by atoms with Crippen molar-refractivity contribution in [1.29, 1.82) is 0 Å². The molecule has 0 saturated heterocycles. The molecule has 3 rings (SSSR count). The Bertz CT molecular complexity index is 1020. The first-order valence-electron chi connectivity index (χ1n) is 8.16. The van der Waals surface area contributed by atoms with E-state index in [1.165, 1.54) is 6.07 Å². The number of fused-ring (bicyclic) bond motifs is 1. The highest BCUT2D eigenvalue weighted by atomic mass is 19.1. The van der Waals surface area contributed by atoms with Crippen LogP contribution in [0.5, 0.6) is 0 Å². The lowest BCUT2D eigenvalue weighted by Gasteiger charge is -2.15. The highest BCUT2D eigenvalue weighted by Gasteiger charge is 2.14. The van der Waals surface area contributed by atoms with Crippen molar-refractivity contribution in [3.63, 3.8) is 0 Å². The molecule has 134 valence electrons. The van der Waals surface area contributed by atoms with Crippen molar-refractivity contribution in [3.05, 3.63) is 75.8 Å². The molecule has 2 N–H and O–H groups in total. The molecule has 1 amide bonds. The van der Waals surface area contributed by atoms with Crippen molar-refractivity contribution in [1.82, 2.24) is 15.3 Å². The predicted molar refractivity (Wildman–Crippen MR) is 93.6 cm³/mol. The zero-order valence-electron chi connectivity index (χ0n) is 14.1. The van der Waals surface area contributed by atoms with Gasteiger partial charge in [-0.05, 0) is 25.1 Å². The highest BCUT2D eigenvalue weighted by molar-refractivity contribution is 5.78. The topological polar surface area (TPSA) is 74.8 Å². The molecule has 0 saturated carbocycles. The second-order valence-corrected chi connectivity index (χ2v) is 5.98. The van der Waals surface area contributed by atoms with Gasteiger partial charge in [-0.15, -0.1) is 0 Å². The molecule has 1 aromatic heterocycles. The van der Waals surface area contributed by atoms with Gasteiger partial charge in [-0.25, -0.2) is 13.8 Å². The lowest BCUT2D eigenvalue weighted by Crippen LogP contribution is -2.27. The molecule has 7 heteroatoms. The van der Waals surface area contributed by atoms with Crippen LogP contribution in [0, 0.1) is 11.6 Å². The van der Waals surface area contributed by atoms with Gasteiger partial charge in [-0.2, -0.15) is 0 Å². The fourth-order valence-corrected chi connectivity index (χ4v) is 2.73. The number of carbonyl (C=O) groups excluding carboxylic acids is 1. The Hall–Kier alpha value is -3.09. The van der Waals surface area contributed by atoms with Gasteiger partial charge in [-0.1, -0.05) is 18.2 Å². The molecule has 0 aliphatic heterocycles. The number of rotatable bonds is 5. The summed E-state index contributed by atoms with van der Waals surface area (Å²) in [6, 6.07) is 9.56. The summed E-state index contributed by atoms with van der Waals surface area (Å²) in [4.78, 5) is 31.1. The molecular weight excluding hydrogens is 340 g/mol. The Morgan fingerprint density at radius 2 is 2.00 bits per heavy atom. The summed E-state index contributed by atoms with van der Waals surface area (Å²) in [5.74, 6) is -1.30. The van der Waals surface area contributed by atoms with Crippen molar-refractivity contribution in [2.45, 2.75) is 25.8 Å². The molecule has 2 aromatic carbocycles. The fourth-order valence-electron chi connectivity index (χ4n) is 2.73. The minimum atomic E-state index is -0.710. The number of aromatic amines is 1. The highest BCUT2D eigenvalue weighted by Crippen LogP contribution is 2.18. The summed E-state index contributed by atoms with van der Waals surface area (Å²) in [6.45, 7) is 1.62. The molecule has 3 aromatic rings. The van der Waals surface area contributed by atoms with Crippen molar-refractivity contribution >= 4 is 16.8 Å². The van der Waals surface area contributed by atoms with Crippen LogP contribution in [-0.2, 0) is 11.2 Å². The maximum absolute atomic E-state index is 13.8. The Labute approximate surface area is 148 Å². The zero-order chi connectivity index (χ0) is 18.7. The van der Waals surface area contributed by atoms with Crippen molar-refractivity contribution < 1.29 is 13.6 Å². The lowest BCUT2D eigenvalue weighted by molar-refractivity contribution is -0.121. The third-order valence-corrected chi connectivity index (χ3v) is 4.06. The maximum atomic E-state index is 13.8. The van der Waals surface area contributed by atoms with Crippen LogP contribution in [0.25, 0.3) is 10.9 Å². The maximum Gasteiger partial charge on any atom is 0.258 e. The van der Waals surface area contributed by atoms with E-state index in [2.05, 4.69) is 15.3 Å². The van der Waals surface area contributed by atoms with Crippen LogP contribution < -0.4 is 10.9 Å². The van der Waals surface area contributed by atoms with Gasteiger partial charge in [0.25, 0.3) is 5.56 Å². The van der Waals surface area contributed by atoms with Crippen LogP contribution in [0.15, 0.2) is 47.3 Å². The first kappa shape index (κ1) is 17.7. The molecule has 5 nitrogen and oxygen atoms in total. The van der Waals surface area contributed by atoms with E-state index in [1.807, 2.05) is 0 Å². The van der Waals surface area contributed by atoms with Crippen molar-refractivity contribution in [3.8, 4) is 0 Å². The van der Waals surface area contributed by atoms with Crippen LogP contribution in [-0.4, -0.2) is 15.9 Å². The Morgan fingerprint density at radius 1 is 1.23 bits per heavy atom. The quantitative estimate of drug-likeness (QED) is 0.737. The number of amides is 1. The number of aromatic nitrogens is 2. The van der Waals surface area contributed by atoms with Crippen LogP contribution in [0.1, 0.15) is 30.8 Å². The van der Waals surface area contributed by atoms with E-state index in [0.29, 0.717) is 16.7 Å². The van der Waals surface area contributed by atoms with Crippen LogP contribution in [0.2, 0.25) is 0 Å². The Balaban J connectivity index is 1.64. The summed E-state index contributed by atoms with van der Waals surface area (Å²) >= 11 is 0. The minimum absolute atomic E-state index is 0.0778. The monoisotopic (exact) mass is 357 g/mol. The Morgan fingerprint density at radius 3 is 2.77 bits per heavy atom. The molecule has 1 heterocycles. The number of halogens is 2. The number of benzene rings is 2. The van der Waals surface area contributed by atoms with Gasteiger partial charge in [-0.3, -0.25) is 9.59 Å². The standard InChI is InChI=1S/C19H17F2N3O2/c1-11(13-7-6-12(20)10-15(13)21)22-18(25)9-8-17-23-16-5-3-2-4-14(16)19(26)24-17/h2-7,10-11H,8-9H2,1H3,(H,22,25)(H,23,24,26)/t11-/m0/s1. The first-order chi connectivity index (χ1) is 12.4. The number of carbonyl (C=O) groups is 1. The molecule has 0 fully saturated rings. The van der Waals surface area contributed by atoms with Crippen molar-refractivity contribution in [2.75, 3.05) is 0 Å². The van der Waals surface area contributed by atoms with Crippen LogP contribution in [0.3, 0.4) is 0 Å². The SMILES string of the molecule is C[C@H](NC(=O)CCc1nc2ccccc2c(=O)[nH]1)c1ccc(F)cc1F. The predicted octanol–water partition coefficient (Wildman–Crippen LogP) is 3.01. The molecule has 1 atom stereocenters. The van der Waals surface area contributed by atoms with E-state index in [4.69, 9.17) is 0 Å². The second kappa shape index (κ2) is 7.43. The van der Waals surface area contributed by atoms with E-state index in [0.717, 1.165) is 12.1 Å². The Kier molecular flexibility index (Phi) is 5.06. The van der Waals surface area contributed by atoms with E-state index >= 15 is 0 Å². The van der Waals surface area contributed by atoms with E-state index in [-0.39, 0.29) is 29.9 Å². The number of para-hydroxylation sites is 1. The average Bonchev–Trinajstić information content (AvgIpc) is 2.60. The summed E-state index contributed by atoms with van der Waals surface area (Å²) in [6.07, 6.45) is 0.318. The largest absolute Gasteiger partial charge is 0.349 e. The van der Waals surface area contributed by atoms with Crippen molar-refractivity contribution in [2.24, 2.45) is 0 Å². The van der Waals surface area contributed by atoms with Gasteiger partial charge in [0.2, 0.25) is 5.91 Å². The number of hydrogen-bond donors (Lipinski definition) is 2. The number of nitrogens with zero attached hydrogens (tertiary/aromatic N) is 1. The van der Waals surface area contributed by atoms with Gasteiger partial charge in [0.05, 0.1) is 16.9 Å². The first-order valence-corrected chi connectivity index (χ1v) is 8.16. The summed E-state index contributed by atoms with van der Waals surface area (Å²) < 4.78 is 26.7. The molecule has 0 aliphatic carbocycles. The number of nitrogens with one attached hydrogen (secondary N) is 2. The van der Waals surface area contributed by atoms with Gasteiger partial charge in [0, 0.05) is 24.5 Å². The molecular formula is C19H17F2N3O2. The zero-order valence-corrected chi connectivity index (χ0v) is 14.1. The number of hydrogen-bond acceptors (Lipinski definition) is 3. The second-order valence-electron chi connectivity index (χ2n) is 5.98. The molecule has 0 bridgehead atoms. The normalized spacial score (nSPS) is 12.1. The van der Waals surface area contributed by atoms with Gasteiger partial charge < -0.3 is 10.3 Å². The average molecular weight is 357 g/mol. The fraction of sp³-hybridized carbons (Fsp3) is 0.211. The van der Waals surface area contributed by atoms with E-state index in [9.17, 15) is 18.4 Å². The third-order valence-electron chi connectivity index (χ3n) is 4.06. The van der Waals surface area contributed by atoms with Crippen LogP contribution in [0.4, 0.5) is 8.78 Å². The summed E-state index contributed by atoms with van der Waals surface area (Å²) in [5.41, 5.74) is 0.512. The van der Waals surface area contributed by atoms with E-state index < -0.39 is 17.7 Å². The minimum Gasteiger partial charge on any atom is -0.349 e. The molecule has 0 aliphatic rings. The smallest absolute Gasteiger partial charge is 0.258 e. The van der Waals surface area contributed by atoms with E-state index in [1.54, 1.807) is 31.2 Å². The number of H-pyrrole nitrogens is 1. The molecule has 0 unspecified atom stereocenters.